The van der Waals surface area contributed by atoms with Crippen LogP contribution in [0.25, 0.3) is 11.3 Å². The number of hydrogen-bond donors (Lipinski definition) is 1. The topological polar surface area (TPSA) is 56.0 Å². The molecule has 41 heavy (non-hydrogen) atoms. The van der Waals surface area contributed by atoms with E-state index in [4.69, 9.17) is 22.9 Å². The van der Waals surface area contributed by atoms with E-state index in [9.17, 15) is 4.79 Å². The molecule has 8 heteroatoms. The maximum Gasteiger partial charge on any atom is 0.173 e. The number of aromatic nitrogens is 1. The van der Waals surface area contributed by atoms with Crippen LogP contribution in [-0.2, 0) is 12.8 Å². The average molecular weight is 775 g/mol. The molecule has 1 heterocycles. The van der Waals surface area contributed by atoms with Crippen molar-refractivity contribution in [1.82, 2.24) is 4.98 Å². The van der Waals surface area contributed by atoms with E-state index in [0.717, 1.165) is 37.2 Å². The highest BCUT2D eigenvalue weighted by Crippen LogP contribution is 2.23. The van der Waals surface area contributed by atoms with Crippen LogP contribution in [0.5, 0.6) is 0 Å². The monoisotopic (exact) mass is 772 g/mol. The van der Waals surface area contributed by atoms with Crippen molar-refractivity contribution in [1.29, 1.82) is 0 Å². The fourth-order valence-corrected chi connectivity index (χ4v) is 5.27. The number of nitrogens with two attached hydrogens (primary N) is 1. The average Bonchev–Trinajstić information content (AvgIpc) is 3.45. The van der Waals surface area contributed by atoms with Crippen molar-refractivity contribution in [3.8, 4) is 11.3 Å². The van der Waals surface area contributed by atoms with Crippen molar-refractivity contribution in [2.75, 3.05) is 5.33 Å². The van der Waals surface area contributed by atoms with Crippen LogP contribution < -0.4 is 5.73 Å². The molecule has 0 bridgehead atoms. The molecule has 2 N–H and O–H groups in total. The maximum atomic E-state index is 11.0. The summed E-state index contributed by atoms with van der Waals surface area (Å²) in [6.45, 7) is 0. The van der Waals surface area contributed by atoms with E-state index in [1.54, 1.807) is 11.3 Å². The number of carbonyl (C=O) groups is 1. The summed E-state index contributed by atoms with van der Waals surface area (Å²) in [5.41, 5.74) is 10.8. The summed E-state index contributed by atoms with van der Waals surface area (Å²) in [4.78, 5) is 16.2. The number of halogens is 3. The summed E-state index contributed by atoms with van der Waals surface area (Å²) in [6.07, 6.45) is 1.58. The van der Waals surface area contributed by atoms with Crippen LogP contribution in [0.15, 0.2) is 124 Å². The van der Waals surface area contributed by atoms with Gasteiger partial charge in [-0.2, -0.15) is 0 Å². The molecule has 5 aromatic rings. The predicted molar refractivity (Wildman–Crippen MR) is 190 cm³/mol. The minimum Gasteiger partial charge on any atom is -0.393 e. The van der Waals surface area contributed by atoms with Gasteiger partial charge in [0.25, 0.3) is 0 Å². The van der Waals surface area contributed by atoms with E-state index in [0.29, 0.717) is 16.7 Å². The first-order valence-electron chi connectivity index (χ1n) is 12.2. The smallest absolute Gasteiger partial charge is 0.173 e. The van der Waals surface area contributed by atoms with Crippen molar-refractivity contribution < 1.29 is 4.79 Å². The Morgan fingerprint density at radius 2 is 1.29 bits per heavy atom. The van der Waals surface area contributed by atoms with Crippen molar-refractivity contribution >= 4 is 82.1 Å². The third kappa shape index (κ3) is 12.9. The Bertz CT molecular complexity index is 1470. The van der Waals surface area contributed by atoms with Gasteiger partial charge in [-0.15, -0.1) is 11.3 Å². The Labute approximate surface area is 277 Å². The number of nitrogens with zero attached hydrogens (tertiary/aromatic N) is 1. The fourth-order valence-electron chi connectivity index (χ4n) is 3.42. The molecule has 0 saturated carbocycles. The molecule has 0 fully saturated rings. The highest BCUT2D eigenvalue weighted by atomic mass is 79.9. The molecule has 5 rings (SSSR count). The van der Waals surface area contributed by atoms with Gasteiger partial charge in [0.1, 0.15) is 0 Å². The second-order valence-electron chi connectivity index (χ2n) is 8.49. The van der Waals surface area contributed by atoms with Gasteiger partial charge in [0, 0.05) is 38.3 Å². The lowest BCUT2D eigenvalue weighted by atomic mass is 10.1. The number of ketones is 1. The molecule has 0 aliphatic rings. The van der Waals surface area contributed by atoms with Crippen molar-refractivity contribution in [3.05, 3.63) is 145 Å². The Morgan fingerprint density at radius 1 is 0.780 bits per heavy atom. The van der Waals surface area contributed by atoms with E-state index in [2.05, 4.69) is 89.6 Å². The van der Waals surface area contributed by atoms with Gasteiger partial charge in [-0.05, 0) is 35.4 Å². The van der Waals surface area contributed by atoms with Crippen LogP contribution in [0.4, 0.5) is 0 Å². The first-order valence-corrected chi connectivity index (χ1v) is 16.2. The first kappa shape index (κ1) is 34.7. The number of Topliss-reactive ketones (excluding diaryl/α,β-unsaturated/α-hetero) is 1. The molecule has 4 aromatic carbocycles. The predicted octanol–water partition coefficient (Wildman–Crippen LogP) is 10.3. The van der Waals surface area contributed by atoms with Crippen LogP contribution in [0.3, 0.4) is 0 Å². The second kappa shape index (κ2) is 18.8. The quantitative estimate of drug-likeness (QED) is 0.102. The molecular formula is C33H31Br3N2OS2. The van der Waals surface area contributed by atoms with E-state index in [1.807, 2.05) is 72.8 Å². The minimum absolute atomic E-state index is 0. The van der Waals surface area contributed by atoms with Gasteiger partial charge in [0.15, 0.2) is 5.78 Å². The number of thiocarbonyl (C=S) groups is 1. The molecular weight excluding hydrogens is 744 g/mol. The lowest BCUT2D eigenvalue weighted by molar-refractivity contribution is 0.102. The van der Waals surface area contributed by atoms with E-state index in [-0.39, 0.29) is 13.2 Å². The summed E-state index contributed by atoms with van der Waals surface area (Å²) in [5, 5.41) is 3.68. The van der Waals surface area contributed by atoms with Crippen molar-refractivity contribution in [3.63, 3.8) is 0 Å². The zero-order valence-electron chi connectivity index (χ0n) is 21.5. The van der Waals surface area contributed by atoms with E-state index < -0.39 is 0 Å². The largest absolute Gasteiger partial charge is 0.393 e. The molecule has 0 amide bonds. The number of hydrogen-bond acceptors (Lipinski definition) is 4. The number of rotatable bonds is 7. The van der Waals surface area contributed by atoms with Crippen LogP contribution in [0.1, 0.15) is 33.9 Å². The lowest BCUT2D eigenvalue weighted by Crippen LogP contribution is -2.10. The first-order chi connectivity index (χ1) is 19.3. The maximum absolute atomic E-state index is 11.0. The Kier molecular flexibility index (Phi) is 16.0. The third-order valence-corrected chi connectivity index (χ3v) is 7.96. The molecule has 0 saturated heterocycles. The van der Waals surface area contributed by atoms with Gasteiger partial charge in [0.2, 0.25) is 0 Å². The zero-order valence-corrected chi connectivity index (χ0v) is 27.9. The summed E-state index contributed by atoms with van der Waals surface area (Å²) in [5.74, 6) is 0.126. The molecule has 0 aliphatic carbocycles. The summed E-state index contributed by atoms with van der Waals surface area (Å²) >= 11 is 16.4. The molecule has 0 spiro atoms. The Morgan fingerprint density at radius 3 is 1.80 bits per heavy atom. The molecule has 212 valence electrons. The molecule has 0 aliphatic heterocycles. The normalized spacial score (nSPS) is 9.73. The van der Waals surface area contributed by atoms with E-state index >= 15 is 0 Å². The Balaban J connectivity index is 0.000000230. The summed E-state index contributed by atoms with van der Waals surface area (Å²) in [7, 11) is 0. The summed E-state index contributed by atoms with van der Waals surface area (Å²) in [6, 6.07) is 35.9. The number of alkyl halides is 1. The van der Waals surface area contributed by atoms with Crippen LogP contribution in [0, 0.1) is 0 Å². The fraction of sp³-hybridized carbons (Fsp3) is 0.121. The van der Waals surface area contributed by atoms with Crippen LogP contribution in [-0.4, -0.2) is 21.1 Å². The zero-order chi connectivity index (χ0) is 28.7. The van der Waals surface area contributed by atoms with Gasteiger partial charge in [-0.1, -0.05) is 152 Å². The number of benzene rings is 4. The molecule has 3 nitrogen and oxygen atoms in total. The molecule has 0 radical (unpaired) electrons. The molecule has 0 atom stereocenters. The Hall–Kier alpha value is -2.49. The standard InChI is InChI=1S/C16H12BrNS.C8H8BrNS.C8H7BrO.CH4/c17-14-8-6-12(7-9-14)10-16-18-15(11-19-16)13-4-2-1-3-5-13;9-7-3-1-6(2-4-7)5-8(10)11;9-6-8(10)7-4-2-1-3-5-7;/h1-9,11H,10H2;1-4H,5H2,(H2,10,11);1-5H,6H2;1H4. The lowest BCUT2D eigenvalue weighted by Gasteiger charge is -1.98. The number of thiazole rings is 1. The van der Waals surface area contributed by atoms with Gasteiger partial charge in [0.05, 0.1) is 21.0 Å². The van der Waals surface area contributed by atoms with E-state index in [1.165, 1.54) is 11.1 Å². The van der Waals surface area contributed by atoms with Crippen molar-refractivity contribution in [2.45, 2.75) is 20.3 Å². The van der Waals surface area contributed by atoms with Gasteiger partial charge in [-0.25, -0.2) is 4.98 Å². The molecule has 1 aromatic heterocycles. The number of carbonyl (C=O) groups excluding carboxylic acids is 1. The second-order valence-corrected chi connectivity index (χ2v) is 12.3. The van der Waals surface area contributed by atoms with Gasteiger partial charge < -0.3 is 5.73 Å². The van der Waals surface area contributed by atoms with Gasteiger partial charge in [-0.3, -0.25) is 4.79 Å². The SMILES string of the molecule is Brc1ccc(Cc2nc(-c3ccccc3)cs2)cc1.C.NC(=S)Cc1ccc(Br)cc1.O=C(CBr)c1ccccc1. The highest BCUT2D eigenvalue weighted by Gasteiger charge is 2.05. The minimum atomic E-state index is 0. The van der Waals surface area contributed by atoms with Crippen molar-refractivity contribution in [2.24, 2.45) is 5.73 Å². The third-order valence-electron chi connectivity index (χ3n) is 5.40. The summed E-state index contributed by atoms with van der Waals surface area (Å²) < 4.78 is 2.18. The van der Waals surface area contributed by atoms with Crippen LogP contribution in [0.2, 0.25) is 0 Å². The highest BCUT2D eigenvalue weighted by molar-refractivity contribution is 9.10. The van der Waals surface area contributed by atoms with Crippen LogP contribution >= 0.6 is 71.3 Å². The molecule has 0 unspecified atom stereocenters. The van der Waals surface area contributed by atoms with Gasteiger partial charge >= 0.3 is 0 Å².